The number of carbonyl (C=O) groups excluding carboxylic acids is 1. The van der Waals surface area contributed by atoms with Crippen molar-refractivity contribution in [3.63, 3.8) is 0 Å². The van der Waals surface area contributed by atoms with Gasteiger partial charge in [0.15, 0.2) is 5.11 Å². The molecule has 2 saturated heterocycles. The number of ether oxygens (including phenoxy) is 1. The molecule has 6 heteroatoms. The quantitative estimate of drug-likeness (QED) is 0.792. The van der Waals surface area contributed by atoms with E-state index in [0.29, 0.717) is 37.1 Å². The minimum Gasteiger partial charge on any atom is -0.378 e. The van der Waals surface area contributed by atoms with Gasteiger partial charge in [0.1, 0.15) is 5.92 Å². The standard InChI is InChI=1S/C19H25N3O2S/c1-11-9-12(2)15(13(3)10-11)17-16(14(4)20-19(25)21-17)18(23)22-5-7-24-8-6-22/h9-10,16-17H,4-8H2,1-3H3,(H2,20,21,25)/t16-,17+/m0/s1. The third-order valence-corrected chi connectivity index (χ3v) is 5.13. The maximum absolute atomic E-state index is 13.2. The van der Waals surface area contributed by atoms with Crippen LogP contribution in [0.3, 0.4) is 0 Å². The smallest absolute Gasteiger partial charge is 0.234 e. The molecule has 2 aliphatic heterocycles. The lowest BCUT2D eigenvalue weighted by molar-refractivity contribution is -0.139. The molecule has 1 amide bonds. The van der Waals surface area contributed by atoms with E-state index >= 15 is 0 Å². The van der Waals surface area contributed by atoms with Crippen LogP contribution in [0.5, 0.6) is 0 Å². The van der Waals surface area contributed by atoms with Crippen LogP contribution in [0.2, 0.25) is 0 Å². The Kier molecular flexibility index (Phi) is 5.11. The molecule has 2 N–H and O–H groups in total. The molecular formula is C19H25N3O2S. The Morgan fingerprint density at radius 2 is 1.84 bits per heavy atom. The summed E-state index contributed by atoms with van der Waals surface area (Å²) in [5.74, 6) is -0.329. The van der Waals surface area contributed by atoms with E-state index in [1.165, 1.54) is 5.56 Å². The maximum Gasteiger partial charge on any atom is 0.234 e. The molecule has 0 spiro atoms. The molecule has 0 unspecified atom stereocenters. The fourth-order valence-corrected chi connectivity index (χ4v) is 4.14. The first kappa shape index (κ1) is 17.9. The normalized spacial score (nSPS) is 23.9. The lowest BCUT2D eigenvalue weighted by Gasteiger charge is -2.40. The molecule has 2 aliphatic rings. The Morgan fingerprint density at radius 1 is 1.24 bits per heavy atom. The molecule has 1 aromatic rings. The Bertz CT molecular complexity index is 702. The van der Waals surface area contributed by atoms with Gasteiger partial charge in [-0.15, -0.1) is 0 Å². The number of amides is 1. The van der Waals surface area contributed by atoms with Gasteiger partial charge in [0.05, 0.1) is 19.3 Å². The molecule has 3 rings (SSSR count). The molecular weight excluding hydrogens is 334 g/mol. The number of rotatable bonds is 2. The number of aryl methyl sites for hydroxylation is 3. The highest BCUT2D eigenvalue weighted by Gasteiger charge is 2.40. The Balaban J connectivity index is 2.00. The topological polar surface area (TPSA) is 53.6 Å². The number of thiocarbonyl (C=S) groups is 1. The van der Waals surface area contributed by atoms with Gasteiger partial charge in [0, 0.05) is 18.8 Å². The SMILES string of the molecule is C=C1NC(=S)N[C@H](c2c(C)cc(C)cc2C)[C@H]1C(=O)N1CCOCC1. The second-order valence-corrected chi connectivity index (χ2v) is 7.24. The van der Waals surface area contributed by atoms with Gasteiger partial charge < -0.3 is 20.3 Å². The molecule has 2 fully saturated rings. The molecule has 5 nitrogen and oxygen atoms in total. The van der Waals surface area contributed by atoms with Crippen LogP contribution < -0.4 is 10.6 Å². The summed E-state index contributed by atoms with van der Waals surface area (Å²) < 4.78 is 5.38. The van der Waals surface area contributed by atoms with Gasteiger partial charge in [-0.3, -0.25) is 4.79 Å². The predicted molar refractivity (Wildman–Crippen MR) is 102 cm³/mol. The lowest BCUT2D eigenvalue weighted by atomic mass is 9.83. The molecule has 0 radical (unpaired) electrons. The molecule has 0 aromatic heterocycles. The predicted octanol–water partition coefficient (Wildman–Crippen LogP) is 2.12. The first-order chi connectivity index (χ1) is 11.9. The molecule has 2 atom stereocenters. The average molecular weight is 359 g/mol. The number of hydrogen-bond acceptors (Lipinski definition) is 3. The third kappa shape index (κ3) is 3.55. The molecule has 2 heterocycles. The second-order valence-electron chi connectivity index (χ2n) is 6.83. The van der Waals surface area contributed by atoms with Gasteiger partial charge in [0.25, 0.3) is 0 Å². The first-order valence-electron chi connectivity index (χ1n) is 8.59. The van der Waals surface area contributed by atoms with Crippen LogP contribution >= 0.6 is 12.2 Å². The Hall–Kier alpha value is -1.92. The minimum absolute atomic E-state index is 0.0696. The van der Waals surface area contributed by atoms with Crippen molar-refractivity contribution in [3.05, 3.63) is 46.7 Å². The zero-order valence-electron chi connectivity index (χ0n) is 15.0. The first-order valence-corrected chi connectivity index (χ1v) is 9.00. The Labute approximate surface area is 154 Å². The average Bonchev–Trinajstić information content (AvgIpc) is 2.54. The van der Waals surface area contributed by atoms with Crippen LogP contribution in [0, 0.1) is 26.7 Å². The van der Waals surface area contributed by atoms with Crippen LogP contribution in [-0.2, 0) is 9.53 Å². The van der Waals surface area contributed by atoms with Crippen LogP contribution in [-0.4, -0.2) is 42.2 Å². The van der Waals surface area contributed by atoms with Gasteiger partial charge >= 0.3 is 0 Å². The van der Waals surface area contributed by atoms with Crippen molar-refractivity contribution in [1.82, 2.24) is 15.5 Å². The number of morpholine rings is 1. The summed E-state index contributed by atoms with van der Waals surface area (Å²) >= 11 is 5.34. The van der Waals surface area contributed by atoms with E-state index in [4.69, 9.17) is 17.0 Å². The van der Waals surface area contributed by atoms with Crippen molar-refractivity contribution in [2.75, 3.05) is 26.3 Å². The number of carbonyl (C=O) groups is 1. The summed E-state index contributed by atoms with van der Waals surface area (Å²) in [6.45, 7) is 12.7. The van der Waals surface area contributed by atoms with Crippen LogP contribution in [0.25, 0.3) is 0 Å². The number of nitrogens with one attached hydrogen (secondary N) is 2. The fraction of sp³-hybridized carbons (Fsp3) is 0.474. The number of nitrogens with zero attached hydrogens (tertiary/aromatic N) is 1. The monoisotopic (exact) mass is 359 g/mol. The van der Waals surface area contributed by atoms with E-state index in [2.05, 4.69) is 50.1 Å². The number of benzene rings is 1. The van der Waals surface area contributed by atoms with E-state index in [1.54, 1.807) is 0 Å². The van der Waals surface area contributed by atoms with Crippen LogP contribution in [0.4, 0.5) is 0 Å². The van der Waals surface area contributed by atoms with E-state index in [0.717, 1.165) is 16.7 Å². The van der Waals surface area contributed by atoms with E-state index < -0.39 is 5.92 Å². The summed E-state index contributed by atoms with van der Waals surface area (Å²) in [6, 6.07) is 4.08. The van der Waals surface area contributed by atoms with Crippen molar-refractivity contribution in [3.8, 4) is 0 Å². The lowest BCUT2D eigenvalue weighted by Crippen LogP contribution is -2.55. The third-order valence-electron chi connectivity index (χ3n) is 4.91. The molecule has 25 heavy (non-hydrogen) atoms. The molecule has 0 saturated carbocycles. The summed E-state index contributed by atoms with van der Waals surface area (Å²) in [5.41, 5.74) is 5.32. The van der Waals surface area contributed by atoms with Crippen molar-refractivity contribution >= 4 is 23.2 Å². The van der Waals surface area contributed by atoms with E-state index in [9.17, 15) is 4.79 Å². The van der Waals surface area contributed by atoms with Gasteiger partial charge in [-0.2, -0.15) is 0 Å². The van der Waals surface area contributed by atoms with Crippen molar-refractivity contribution < 1.29 is 9.53 Å². The molecule has 1 aromatic carbocycles. The highest BCUT2D eigenvalue weighted by Crippen LogP contribution is 2.35. The summed E-state index contributed by atoms with van der Waals surface area (Å²) in [4.78, 5) is 15.1. The zero-order valence-corrected chi connectivity index (χ0v) is 15.8. The summed E-state index contributed by atoms with van der Waals surface area (Å²) in [7, 11) is 0. The zero-order chi connectivity index (χ0) is 18.1. The highest BCUT2D eigenvalue weighted by atomic mass is 32.1. The number of hydrogen-bond donors (Lipinski definition) is 2. The maximum atomic E-state index is 13.2. The van der Waals surface area contributed by atoms with Crippen molar-refractivity contribution in [1.29, 1.82) is 0 Å². The van der Waals surface area contributed by atoms with Gasteiger partial charge in [-0.1, -0.05) is 24.3 Å². The van der Waals surface area contributed by atoms with E-state index in [1.807, 2.05) is 4.90 Å². The van der Waals surface area contributed by atoms with Crippen LogP contribution in [0.1, 0.15) is 28.3 Å². The van der Waals surface area contributed by atoms with Crippen LogP contribution in [0.15, 0.2) is 24.4 Å². The second kappa shape index (κ2) is 7.14. The molecule has 0 aliphatic carbocycles. The minimum atomic E-state index is -0.398. The van der Waals surface area contributed by atoms with Crippen molar-refractivity contribution in [2.45, 2.75) is 26.8 Å². The fourth-order valence-electron chi connectivity index (χ4n) is 3.88. The van der Waals surface area contributed by atoms with Gasteiger partial charge in [-0.05, 0) is 49.7 Å². The van der Waals surface area contributed by atoms with Crippen molar-refractivity contribution in [2.24, 2.45) is 5.92 Å². The van der Waals surface area contributed by atoms with Gasteiger partial charge in [0.2, 0.25) is 5.91 Å². The van der Waals surface area contributed by atoms with Gasteiger partial charge in [-0.25, -0.2) is 0 Å². The molecule has 134 valence electrons. The highest BCUT2D eigenvalue weighted by molar-refractivity contribution is 7.80. The van der Waals surface area contributed by atoms with E-state index in [-0.39, 0.29) is 11.9 Å². The summed E-state index contributed by atoms with van der Waals surface area (Å²) in [5, 5.41) is 6.88. The largest absolute Gasteiger partial charge is 0.378 e. The summed E-state index contributed by atoms with van der Waals surface area (Å²) in [6.07, 6.45) is 0. The molecule has 0 bridgehead atoms. The Morgan fingerprint density at radius 3 is 2.44 bits per heavy atom.